The second kappa shape index (κ2) is 8.70. The Hall–Kier alpha value is -2.14. The predicted molar refractivity (Wildman–Crippen MR) is 113 cm³/mol. The van der Waals surface area contributed by atoms with Crippen LogP contribution >= 0.6 is 39.1 Å². The lowest BCUT2D eigenvalue weighted by Gasteiger charge is -2.13. The Morgan fingerprint density at radius 3 is 2.72 bits per heavy atom. The molecule has 0 saturated heterocycles. The first-order valence-electron chi connectivity index (χ1n) is 7.95. The van der Waals surface area contributed by atoms with Crippen LogP contribution in [0.1, 0.15) is 5.56 Å². The summed E-state index contributed by atoms with van der Waals surface area (Å²) in [6.07, 6.45) is 2.92. The highest BCUT2D eigenvalue weighted by Crippen LogP contribution is 2.31. The number of nitrogens with one attached hydrogen (secondary N) is 1. The van der Waals surface area contributed by atoms with Gasteiger partial charge in [0.05, 0.1) is 16.2 Å². The van der Waals surface area contributed by atoms with Gasteiger partial charge in [-0.2, -0.15) is 0 Å². The summed E-state index contributed by atoms with van der Waals surface area (Å²) < 4.78 is 35.2. The van der Waals surface area contributed by atoms with Crippen molar-refractivity contribution in [2.24, 2.45) is 7.05 Å². The minimum atomic E-state index is -4.11. The summed E-state index contributed by atoms with van der Waals surface area (Å²) in [7, 11) is -2.50. The van der Waals surface area contributed by atoms with Crippen molar-refractivity contribution in [1.29, 1.82) is 0 Å². The first-order valence-corrected chi connectivity index (χ1v) is 11.0. The molecule has 2 heterocycles. The van der Waals surface area contributed by atoms with Crippen molar-refractivity contribution in [3.63, 3.8) is 0 Å². The smallest absolute Gasteiger partial charge is 0.264 e. The molecule has 152 valence electrons. The van der Waals surface area contributed by atoms with Crippen molar-refractivity contribution in [1.82, 2.24) is 14.5 Å². The van der Waals surface area contributed by atoms with Gasteiger partial charge in [-0.05, 0) is 34.1 Å². The molecular weight excluding hydrogens is 507 g/mol. The molecule has 3 rings (SSSR count). The molecule has 0 aliphatic rings. The second-order valence-corrected chi connectivity index (χ2v) is 9.03. The van der Waals surface area contributed by atoms with Gasteiger partial charge in [-0.3, -0.25) is 9.52 Å². The molecule has 8 nitrogen and oxygen atoms in total. The number of pyridine rings is 1. The van der Waals surface area contributed by atoms with E-state index in [4.69, 9.17) is 27.9 Å². The zero-order chi connectivity index (χ0) is 21.2. The topological polar surface area (TPSA) is 103 Å². The van der Waals surface area contributed by atoms with Crippen molar-refractivity contribution < 1.29 is 13.2 Å². The Bertz CT molecular complexity index is 1230. The van der Waals surface area contributed by atoms with Gasteiger partial charge in [-0.15, -0.1) is 0 Å². The number of hydrogen-bond donors (Lipinski definition) is 1. The van der Waals surface area contributed by atoms with E-state index in [0.29, 0.717) is 10.2 Å². The maximum Gasteiger partial charge on any atom is 0.264 e. The van der Waals surface area contributed by atoms with E-state index in [2.05, 4.69) is 30.6 Å². The third kappa shape index (κ3) is 5.08. The Kier molecular flexibility index (Phi) is 6.47. The van der Waals surface area contributed by atoms with Crippen LogP contribution in [0.3, 0.4) is 0 Å². The van der Waals surface area contributed by atoms with Crippen LogP contribution in [0.15, 0.2) is 57.0 Å². The van der Waals surface area contributed by atoms with Gasteiger partial charge in [0.1, 0.15) is 16.1 Å². The second-order valence-electron chi connectivity index (χ2n) is 5.78. The molecule has 0 fully saturated rings. The molecule has 3 aromatic rings. The lowest BCUT2D eigenvalue weighted by atomic mass is 10.3. The monoisotopic (exact) mass is 518 g/mol. The summed E-state index contributed by atoms with van der Waals surface area (Å²) in [5.41, 5.74) is 0.517. The van der Waals surface area contributed by atoms with Crippen LogP contribution < -0.4 is 15.0 Å². The van der Waals surface area contributed by atoms with Gasteiger partial charge in [0, 0.05) is 24.9 Å². The van der Waals surface area contributed by atoms with Crippen LogP contribution in [-0.2, 0) is 23.7 Å². The molecule has 0 atom stereocenters. The maximum absolute atomic E-state index is 12.7. The number of sulfonamides is 1. The maximum atomic E-state index is 12.7. The summed E-state index contributed by atoms with van der Waals surface area (Å²) >= 11 is 15.1. The Morgan fingerprint density at radius 2 is 2.00 bits per heavy atom. The molecule has 0 unspecified atom stereocenters. The fourth-order valence-corrected chi connectivity index (χ4v) is 4.32. The molecule has 1 N–H and O–H groups in total. The first kappa shape index (κ1) is 21.6. The van der Waals surface area contributed by atoms with Crippen LogP contribution in [0.5, 0.6) is 5.88 Å². The molecule has 0 aliphatic carbocycles. The largest absolute Gasteiger partial charge is 0.470 e. The summed E-state index contributed by atoms with van der Waals surface area (Å²) in [6.45, 7) is 0.0336. The zero-order valence-electron chi connectivity index (χ0n) is 14.8. The standard InChI is InChI=1S/C17H13BrCl2N4O4S/c1-24-8-10(5-6-14(24)25)9-28-17-16(21-7-13(18)22-17)23-29(26,27)12-4-2-3-11(19)15(12)20/h2-8H,9H2,1H3,(H,21,23). The van der Waals surface area contributed by atoms with Gasteiger partial charge < -0.3 is 9.30 Å². The molecule has 0 bridgehead atoms. The first-order chi connectivity index (χ1) is 13.7. The van der Waals surface area contributed by atoms with Crippen LogP contribution in [-0.4, -0.2) is 23.0 Å². The number of anilines is 1. The minimum Gasteiger partial charge on any atom is -0.470 e. The molecule has 29 heavy (non-hydrogen) atoms. The van der Waals surface area contributed by atoms with Crippen molar-refractivity contribution >= 4 is 55.0 Å². The number of aryl methyl sites for hydroxylation is 1. The highest BCUT2D eigenvalue weighted by Gasteiger charge is 2.23. The van der Waals surface area contributed by atoms with E-state index in [1.54, 1.807) is 19.3 Å². The SMILES string of the molecule is Cn1cc(COc2nc(Br)cnc2NS(=O)(=O)c2cccc(Cl)c2Cl)ccc1=O. The summed E-state index contributed by atoms with van der Waals surface area (Å²) in [4.78, 5) is 19.4. The zero-order valence-corrected chi connectivity index (χ0v) is 18.7. The molecule has 0 aliphatic heterocycles. The summed E-state index contributed by atoms with van der Waals surface area (Å²) in [5.74, 6) is -0.191. The van der Waals surface area contributed by atoms with Crippen molar-refractivity contribution in [3.05, 3.63) is 73.3 Å². The molecule has 12 heteroatoms. The molecule has 0 radical (unpaired) electrons. The third-order valence-electron chi connectivity index (χ3n) is 3.67. The average Bonchev–Trinajstić information content (AvgIpc) is 2.66. The molecule has 1 aromatic carbocycles. The molecule has 0 saturated carbocycles. The van der Waals surface area contributed by atoms with Crippen molar-refractivity contribution in [2.75, 3.05) is 4.72 Å². The highest BCUT2D eigenvalue weighted by atomic mass is 79.9. The van der Waals surface area contributed by atoms with Gasteiger partial charge >= 0.3 is 0 Å². The molecular formula is C17H13BrCl2N4O4S. The normalized spacial score (nSPS) is 11.3. The van der Waals surface area contributed by atoms with Gasteiger partial charge in [0.15, 0.2) is 0 Å². The fraction of sp³-hybridized carbons (Fsp3) is 0.118. The van der Waals surface area contributed by atoms with Crippen LogP contribution in [0.4, 0.5) is 5.82 Å². The number of benzene rings is 1. The number of aromatic nitrogens is 3. The number of rotatable bonds is 6. The van der Waals surface area contributed by atoms with Crippen molar-refractivity contribution in [3.8, 4) is 5.88 Å². The lowest BCUT2D eigenvalue weighted by Crippen LogP contribution is -2.17. The van der Waals surface area contributed by atoms with E-state index >= 15 is 0 Å². The Labute approximate surface area is 184 Å². The number of halogens is 3. The summed E-state index contributed by atoms with van der Waals surface area (Å²) in [5, 5.41) is -0.0120. The van der Waals surface area contributed by atoms with Gasteiger partial charge in [-0.25, -0.2) is 18.4 Å². The van der Waals surface area contributed by atoms with Crippen LogP contribution in [0.2, 0.25) is 10.0 Å². The predicted octanol–water partition coefficient (Wildman–Crippen LogP) is 3.62. The minimum absolute atomic E-state index is 0.0336. The van der Waals surface area contributed by atoms with E-state index in [0.717, 1.165) is 0 Å². The van der Waals surface area contributed by atoms with Gasteiger partial charge in [0.2, 0.25) is 11.4 Å². The fourth-order valence-electron chi connectivity index (χ4n) is 2.28. The lowest BCUT2D eigenvalue weighted by molar-refractivity contribution is 0.293. The van der Waals surface area contributed by atoms with Gasteiger partial charge in [0.25, 0.3) is 15.9 Å². The summed E-state index contributed by atoms with van der Waals surface area (Å²) in [6, 6.07) is 7.25. The van der Waals surface area contributed by atoms with E-state index in [9.17, 15) is 13.2 Å². The Morgan fingerprint density at radius 1 is 1.24 bits per heavy atom. The third-order valence-corrected chi connectivity index (χ3v) is 6.36. The molecule has 0 spiro atoms. The number of ether oxygens (including phenoxy) is 1. The van der Waals surface area contributed by atoms with Crippen molar-refractivity contribution in [2.45, 2.75) is 11.5 Å². The molecule has 0 amide bonds. The number of nitrogens with zero attached hydrogens (tertiary/aromatic N) is 3. The van der Waals surface area contributed by atoms with E-state index in [1.165, 1.54) is 35.0 Å². The molecule has 2 aromatic heterocycles. The quantitative estimate of drug-likeness (QED) is 0.533. The van der Waals surface area contributed by atoms with Crippen LogP contribution in [0.25, 0.3) is 0 Å². The van der Waals surface area contributed by atoms with E-state index in [-0.39, 0.29) is 38.8 Å². The number of hydrogen-bond acceptors (Lipinski definition) is 6. The van der Waals surface area contributed by atoms with Gasteiger partial charge in [-0.1, -0.05) is 29.3 Å². The van der Waals surface area contributed by atoms with Crippen LogP contribution in [0, 0.1) is 0 Å². The average molecular weight is 520 g/mol. The van der Waals surface area contributed by atoms with E-state index in [1.807, 2.05) is 0 Å². The highest BCUT2D eigenvalue weighted by molar-refractivity contribution is 9.10. The Balaban J connectivity index is 1.89. The van der Waals surface area contributed by atoms with E-state index < -0.39 is 10.0 Å².